The Morgan fingerprint density at radius 2 is 2.19 bits per heavy atom. The van der Waals surface area contributed by atoms with Gasteiger partial charge < -0.3 is 9.84 Å². The van der Waals surface area contributed by atoms with Gasteiger partial charge in [-0.15, -0.1) is 5.92 Å². The minimum atomic E-state index is -0.796. The molecule has 0 unspecified atom stereocenters. The molecule has 1 rings (SSSR count). The third-order valence-corrected chi connectivity index (χ3v) is 2.68. The molecular weight excluding hydrogens is 206 g/mol. The molecule has 0 aliphatic carbocycles. The van der Waals surface area contributed by atoms with E-state index in [0.29, 0.717) is 6.61 Å². The number of aliphatic carboxylic acids is 1. The van der Waals surface area contributed by atoms with Gasteiger partial charge in [-0.3, -0.25) is 9.69 Å². The maximum absolute atomic E-state index is 10.3. The van der Waals surface area contributed by atoms with Crippen LogP contribution in [0.2, 0.25) is 0 Å². The standard InChI is InChI=1S/C12H19NO3/c1-2-3-7-13-8-4-11(5-9-13)16-10-6-12(14)15/h11H,4-10H2,1H3,(H,14,15). The smallest absolute Gasteiger partial charge is 0.305 e. The first-order chi connectivity index (χ1) is 7.72. The fourth-order valence-electron chi connectivity index (χ4n) is 1.74. The van der Waals surface area contributed by atoms with Gasteiger partial charge in [0.1, 0.15) is 0 Å². The van der Waals surface area contributed by atoms with Crippen molar-refractivity contribution in [1.29, 1.82) is 0 Å². The topological polar surface area (TPSA) is 49.8 Å². The second-order valence-corrected chi connectivity index (χ2v) is 3.92. The Kier molecular flexibility index (Phi) is 5.91. The fraction of sp³-hybridized carbons (Fsp3) is 0.750. The van der Waals surface area contributed by atoms with Gasteiger partial charge in [0.25, 0.3) is 0 Å². The SMILES string of the molecule is CC#CCN1CCC(OCCC(=O)O)CC1. The summed E-state index contributed by atoms with van der Waals surface area (Å²) in [7, 11) is 0. The van der Waals surface area contributed by atoms with E-state index in [0.717, 1.165) is 32.5 Å². The van der Waals surface area contributed by atoms with E-state index < -0.39 is 5.97 Å². The molecule has 0 aromatic carbocycles. The van der Waals surface area contributed by atoms with Gasteiger partial charge in [0, 0.05) is 13.1 Å². The fourth-order valence-corrected chi connectivity index (χ4v) is 1.74. The summed E-state index contributed by atoms with van der Waals surface area (Å²) in [5, 5.41) is 8.48. The Morgan fingerprint density at radius 3 is 2.75 bits per heavy atom. The van der Waals surface area contributed by atoms with Gasteiger partial charge in [-0.25, -0.2) is 0 Å². The summed E-state index contributed by atoms with van der Waals surface area (Å²) in [4.78, 5) is 12.6. The number of carboxylic acids is 1. The number of piperidine rings is 1. The normalized spacial score (nSPS) is 17.8. The number of hydrogen-bond donors (Lipinski definition) is 1. The van der Waals surface area contributed by atoms with Crippen LogP contribution < -0.4 is 0 Å². The van der Waals surface area contributed by atoms with Gasteiger partial charge in [0.2, 0.25) is 0 Å². The summed E-state index contributed by atoms with van der Waals surface area (Å²) >= 11 is 0. The van der Waals surface area contributed by atoms with E-state index in [4.69, 9.17) is 9.84 Å². The van der Waals surface area contributed by atoms with E-state index in [1.165, 1.54) is 0 Å². The van der Waals surface area contributed by atoms with Crippen molar-refractivity contribution in [2.75, 3.05) is 26.2 Å². The molecule has 0 spiro atoms. The van der Waals surface area contributed by atoms with Gasteiger partial charge in [0.05, 0.1) is 25.7 Å². The lowest BCUT2D eigenvalue weighted by Gasteiger charge is -2.30. The van der Waals surface area contributed by atoms with Crippen molar-refractivity contribution in [3.05, 3.63) is 0 Å². The highest BCUT2D eigenvalue weighted by atomic mass is 16.5. The monoisotopic (exact) mass is 225 g/mol. The lowest BCUT2D eigenvalue weighted by Crippen LogP contribution is -2.37. The number of hydrogen-bond acceptors (Lipinski definition) is 3. The average molecular weight is 225 g/mol. The van der Waals surface area contributed by atoms with Crippen molar-refractivity contribution in [2.45, 2.75) is 32.3 Å². The molecule has 16 heavy (non-hydrogen) atoms. The number of rotatable bonds is 5. The lowest BCUT2D eigenvalue weighted by atomic mass is 10.1. The summed E-state index contributed by atoms with van der Waals surface area (Å²) in [6.07, 6.45) is 2.28. The van der Waals surface area contributed by atoms with Crippen LogP contribution in [0.1, 0.15) is 26.2 Å². The highest BCUT2D eigenvalue weighted by molar-refractivity contribution is 5.66. The van der Waals surface area contributed by atoms with Crippen LogP contribution in [0, 0.1) is 11.8 Å². The molecule has 1 fully saturated rings. The Balaban J connectivity index is 2.11. The first-order valence-corrected chi connectivity index (χ1v) is 5.67. The number of ether oxygens (including phenoxy) is 1. The second kappa shape index (κ2) is 7.26. The highest BCUT2D eigenvalue weighted by Gasteiger charge is 2.18. The zero-order valence-electron chi connectivity index (χ0n) is 9.74. The van der Waals surface area contributed by atoms with Crippen LogP contribution in [0.4, 0.5) is 0 Å². The molecule has 4 heteroatoms. The van der Waals surface area contributed by atoms with Gasteiger partial charge in [-0.05, 0) is 19.8 Å². The average Bonchev–Trinajstić information content (AvgIpc) is 2.27. The predicted molar refractivity (Wildman–Crippen MR) is 61.1 cm³/mol. The largest absolute Gasteiger partial charge is 0.481 e. The van der Waals surface area contributed by atoms with Crippen LogP contribution in [0.25, 0.3) is 0 Å². The molecule has 0 aromatic heterocycles. The zero-order chi connectivity index (χ0) is 11.8. The van der Waals surface area contributed by atoms with E-state index in [2.05, 4.69) is 16.7 Å². The Bertz CT molecular complexity index is 272. The van der Waals surface area contributed by atoms with Gasteiger partial charge in [-0.1, -0.05) is 5.92 Å². The molecule has 4 nitrogen and oxygen atoms in total. The lowest BCUT2D eigenvalue weighted by molar-refractivity contribution is -0.138. The maximum atomic E-state index is 10.3. The molecule has 0 aromatic rings. The van der Waals surface area contributed by atoms with E-state index in [1.54, 1.807) is 0 Å². The van der Waals surface area contributed by atoms with Crippen LogP contribution >= 0.6 is 0 Å². The van der Waals surface area contributed by atoms with E-state index in [9.17, 15) is 4.79 Å². The number of carbonyl (C=O) groups is 1. The Hall–Kier alpha value is -1.05. The van der Waals surface area contributed by atoms with Gasteiger partial charge in [-0.2, -0.15) is 0 Å². The summed E-state index contributed by atoms with van der Waals surface area (Å²) in [5.74, 6) is 5.14. The number of carboxylic acid groups (broad SMARTS) is 1. The molecule has 0 atom stereocenters. The highest BCUT2D eigenvalue weighted by Crippen LogP contribution is 2.13. The van der Waals surface area contributed by atoms with E-state index in [-0.39, 0.29) is 12.5 Å². The summed E-state index contributed by atoms with van der Waals surface area (Å²) in [6.45, 7) is 4.99. The van der Waals surface area contributed by atoms with Crippen LogP contribution in [-0.2, 0) is 9.53 Å². The maximum Gasteiger partial charge on any atom is 0.305 e. The van der Waals surface area contributed by atoms with Gasteiger partial charge in [0.15, 0.2) is 0 Å². The second-order valence-electron chi connectivity index (χ2n) is 3.92. The Labute approximate surface area is 96.6 Å². The minimum Gasteiger partial charge on any atom is -0.481 e. The first kappa shape index (κ1) is 13.0. The molecule has 1 aliphatic rings. The number of likely N-dealkylation sites (tertiary alicyclic amines) is 1. The van der Waals surface area contributed by atoms with E-state index in [1.807, 2.05) is 6.92 Å². The van der Waals surface area contributed by atoms with Gasteiger partial charge >= 0.3 is 5.97 Å². The molecule has 1 aliphatic heterocycles. The molecule has 0 bridgehead atoms. The summed E-state index contributed by atoms with van der Waals surface area (Å²) in [5.41, 5.74) is 0. The molecule has 0 amide bonds. The quantitative estimate of drug-likeness (QED) is 0.708. The molecule has 1 saturated heterocycles. The van der Waals surface area contributed by atoms with Crippen molar-refractivity contribution in [2.24, 2.45) is 0 Å². The van der Waals surface area contributed by atoms with Crippen LogP contribution in [0.5, 0.6) is 0 Å². The number of nitrogens with zero attached hydrogens (tertiary/aromatic N) is 1. The molecule has 0 saturated carbocycles. The zero-order valence-corrected chi connectivity index (χ0v) is 9.74. The third kappa shape index (κ3) is 5.15. The minimum absolute atomic E-state index is 0.0987. The van der Waals surface area contributed by atoms with Crippen molar-refractivity contribution in [1.82, 2.24) is 4.90 Å². The molecule has 1 N–H and O–H groups in total. The molecule has 0 radical (unpaired) electrons. The van der Waals surface area contributed by atoms with Crippen LogP contribution in [0.15, 0.2) is 0 Å². The Morgan fingerprint density at radius 1 is 1.50 bits per heavy atom. The van der Waals surface area contributed by atoms with Crippen molar-refractivity contribution in [3.63, 3.8) is 0 Å². The third-order valence-electron chi connectivity index (χ3n) is 2.68. The predicted octanol–water partition coefficient (Wildman–Crippen LogP) is 0.965. The van der Waals surface area contributed by atoms with E-state index >= 15 is 0 Å². The molecule has 90 valence electrons. The van der Waals surface area contributed by atoms with Crippen molar-refractivity contribution >= 4 is 5.97 Å². The van der Waals surface area contributed by atoms with Crippen LogP contribution in [-0.4, -0.2) is 48.3 Å². The molecule has 1 heterocycles. The van der Waals surface area contributed by atoms with Crippen LogP contribution in [0.3, 0.4) is 0 Å². The van der Waals surface area contributed by atoms with Crippen molar-refractivity contribution < 1.29 is 14.6 Å². The first-order valence-electron chi connectivity index (χ1n) is 5.67. The summed E-state index contributed by atoms with van der Waals surface area (Å²) in [6, 6.07) is 0. The summed E-state index contributed by atoms with van der Waals surface area (Å²) < 4.78 is 5.50. The molecular formula is C12H19NO3. The van der Waals surface area contributed by atoms with Crippen molar-refractivity contribution in [3.8, 4) is 11.8 Å².